The molecule has 38 heavy (non-hydrogen) atoms. The third-order valence-corrected chi connectivity index (χ3v) is 7.26. The Bertz CT molecular complexity index is 1450. The molecule has 2 amide bonds. The molecule has 0 unspecified atom stereocenters. The van der Waals surface area contributed by atoms with E-state index in [1.807, 2.05) is 24.3 Å². The van der Waals surface area contributed by atoms with Crippen molar-refractivity contribution in [3.63, 3.8) is 0 Å². The van der Waals surface area contributed by atoms with Crippen LogP contribution in [0, 0.1) is 0 Å². The van der Waals surface area contributed by atoms with E-state index in [0.29, 0.717) is 22.2 Å². The number of rotatable bonds is 7. The summed E-state index contributed by atoms with van der Waals surface area (Å²) in [6.45, 7) is 5.54. The quantitative estimate of drug-likeness (QED) is 0.314. The predicted octanol–water partition coefficient (Wildman–Crippen LogP) is 4.91. The fraction of sp³-hybridized carbons (Fsp3) is 0.214. The topological polar surface area (TPSA) is 102 Å². The van der Waals surface area contributed by atoms with Gasteiger partial charge in [-0.25, -0.2) is 9.97 Å². The molecule has 0 radical (unpaired) electrons. The Morgan fingerprint density at radius 3 is 2.39 bits per heavy atom. The first-order valence-corrected chi connectivity index (χ1v) is 13.2. The molecule has 3 N–H and O–H groups in total. The number of benzene rings is 2. The maximum atomic E-state index is 12.8. The number of piperazine rings is 1. The Hall–Kier alpha value is -4.28. The summed E-state index contributed by atoms with van der Waals surface area (Å²) in [5.41, 5.74) is 4.05. The molecule has 194 valence electrons. The molecule has 1 fully saturated rings. The van der Waals surface area contributed by atoms with Gasteiger partial charge in [0.05, 0.1) is 15.4 Å². The standard InChI is InChI=1S/C28H29N7O2S/c1-19(36)30-20-5-3-6-21(17-20)31-27(37)26-10-9-25(38-26)24-11-12-29-28(33-24)32-22-7-4-8-23(18-22)35-15-13-34(2)14-16-35/h3-12,17-18H,13-16H2,1-2H3,(H,30,36)(H,31,37)(H,29,32,33). The van der Waals surface area contributed by atoms with Crippen molar-refractivity contribution in [2.75, 3.05) is 54.1 Å². The van der Waals surface area contributed by atoms with Crippen LogP contribution in [0.25, 0.3) is 10.6 Å². The minimum atomic E-state index is -0.227. The number of hydrogen-bond acceptors (Lipinski definition) is 8. The molecular formula is C28H29N7O2S. The second-order valence-corrected chi connectivity index (χ2v) is 10.2. The van der Waals surface area contributed by atoms with Crippen LogP contribution in [0.3, 0.4) is 0 Å². The van der Waals surface area contributed by atoms with Gasteiger partial charge in [0, 0.05) is 62.0 Å². The van der Waals surface area contributed by atoms with Crippen LogP contribution in [0.2, 0.25) is 0 Å². The molecule has 4 aromatic rings. The Kier molecular flexibility index (Phi) is 7.62. The zero-order chi connectivity index (χ0) is 26.5. The minimum Gasteiger partial charge on any atom is -0.369 e. The molecule has 1 aliphatic rings. The Labute approximate surface area is 225 Å². The number of hydrogen-bond donors (Lipinski definition) is 3. The summed E-state index contributed by atoms with van der Waals surface area (Å²) in [5, 5.41) is 8.92. The molecule has 0 atom stereocenters. The largest absolute Gasteiger partial charge is 0.369 e. The van der Waals surface area contributed by atoms with Gasteiger partial charge in [-0.2, -0.15) is 0 Å². The maximum absolute atomic E-state index is 12.8. The minimum absolute atomic E-state index is 0.169. The van der Waals surface area contributed by atoms with E-state index in [-0.39, 0.29) is 11.8 Å². The van der Waals surface area contributed by atoms with Gasteiger partial charge in [-0.3, -0.25) is 9.59 Å². The van der Waals surface area contributed by atoms with Gasteiger partial charge in [0.15, 0.2) is 0 Å². The molecule has 1 aliphatic heterocycles. The molecule has 5 rings (SSSR count). The SMILES string of the molecule is CC(=O)Nc1cccc(NC(=O)c2ccc(-c3ccnc(Nc4cccc(N5CCN(C)CC5)c4)n3)s2)c1. The number of nitrogens with zero attached hydrogens (tertiary/aromatic N) is 4. The average Bonchev–Trinajstić information content (AvgIpc) is 3.40. The van der Waals surface area contributed by atoms with Crippen molar-refractivity contribution in [1.82, 2.24) is 14.9 Å². The van der Waals surface area contributed by atoms with Gasteiger partial charge in [-0.05, 0) is 61.6 Å². The second-order valence-electron chi connectivity index (χ2n) is 9.11. The van der Waals surface area contributed by atoms with E-state index in [2.05, 4.69) is 54.9 Å². The Morgan fingerprint density at radius 1 is 0.868 bits per heavy atom. The number of carbonyl (C=O) groups is 2. The highest BCUT2D eigenvalue weighted by molar-refractivity contribution is 7.17. The van der Waals surface area contributed by atoms with Crippen molar-refractivity contribution in [2.45, 2.75) is 6.92 Å². The Balaban J connectivity index is 1.26. The molecule has 3 heterocycles. The summed E-state index contributed by atoms with van der Waals surface area (Å²) >= 11 is 1.35. The van der Waals surface area contributed by atoms with Crippen molar-refractivity contribution in [3.8, 4) is 10.6 Å². The fourth-order valence-electron chi connectivity index (χ4n) is 4.20. The molecule has 0 spiro atoms. The summed E-state index contributed by atoms with van der Waals surface area (Å²) in [6.07, 6.45) is 1.71. The van der Waals surface area contributed by atoms with Gasteiger partial charge in [-0.15, -0.1) is 11.3 Å². The molecule has 0 saturated carbocycles. The molecule has 2 aromatic heterocycles. The van der Waals surface area contributed by atoms with Crippen molar-refractivity contribution >= 4 is 51.8 Å². The monoisotopic (exact) mass is 527 g/mol. The number of nitrogens with one attached hydrogen (secondary N) is 3. The first kappa shape index (κ1) is 25.4. The fourth-order valence-corrected chi connectivity index (χ4v) is 5.07. The lowest BCUT2D eigenvalue weighted by Gasteiger charge is -2.34. The van der Waals surface area contributed by atoms with E-state index in [4.69, 9.17) is 0 Å². The highest BCUT2D eigenvalue weighted by atomic mass is 32.1. The van der Waals surface area contributed by atoms with Crippen LogP contribution >= 0.6 is 11.3 Å². The van der Waals surface area contributed by atoms with Crippen LogP contribution in [-0.4, -0.2) is 59.9 Å². The number of thiophene rings is 1. The molecule has 0 aliphatic carbocycles. The number of amides is 2. The van der Waals surface area contributed by atoms with E-state index < -0.39 is 0 Å². The van der Waals surface area contributed by atoms with Gasteiger partial charge >= 0.3 is 0 Å². The zero-order valence-electron chi connectivity index (χ0n) is 21.3. The first-order chi connectivity index (χ1) is 18.4. The van der Waals surface area contributed by atoms with E-state index in [1.165, 1.54) is 23.9 Å². The van der Waals surface area contributed by atoms with E-state index >= 15 is 0 Å². The highest BCUT2D eigenvalue weighted by Crippen LogP contribution is 2.29. The van der Waals surface area contributed by atoms with Crippen LogP contribution in [0.5, 0.6) is 0 Å². The van der Waals surface area contributed by atoms with Crippen molar-refractivity contribution in [2.24, 2.45) is 0 Å². The molecule has 2 aromatic carbocycles. The summed E-state index contributed by atoms with van der Waals surface area (Å²) < 4.78 is 0. The second kappa shape index (κ2) is 11.4. The summed E-state index contributed by atoms with van der Waals surface area (Å²) in [6, 6.07) is 20.8. The van der Waals surface area contributed by atoms with Crippen LogP contribution in [-0.2, 0) is 4.79 Å². The van der Waals surface area contributed by atoms with E-state index in [9.17, 15) is 9.59 Å². The number of carbonyl (C=O) groups excluding carboxylic acids is 2. The van der Waals surface area contributed by atoms with Crippen LogP contribution in [0.15, 0.2) is 72.9 Å². The lowest BCUT2D eigenvalue weighted by atomic mass is 10.2. The molecule has 9 nitrogen and oxygen atoms in total. The van der Waals surface area contributed by atoms with Crippen LogP contribution in [0.4, 0.5) is 28.7 Å². The first-order valence-electron chi connectivity index (χ1n) is 12.4. The summed E-state index contributed by atoms with van der Waals surface area (Å²) in [4.78, 5) is 39.4. The van der Waals surface area contributed by atoms with Gasteiger partial charge in [-0.1, -0.05) is 12.1 Å². The van der Waals surface area contributed by atoms with Crippen molar-refractivity contribution in [1.29, 1.82) is 0 Å². The molecular weight excluding hydrogens is 498 g/mol. The van der Waals surface area contributed by atoms with Crippen molar-refractivity contribution in [3.05, 3.63) is 77.8 Å². The Morgan fingerprint density at radius 2 is 1.61 bits per heavy atom. The van der Waals surface area contributed by atoms with E-state index in [0.717, 1.165) is 42.4 Å². The average molecular weight is 528 g/mol. The van der Waals surface area contributed by atoms with Crippen LogP contribution < -0.4 is 20.9 Å². The third-order valence-electron chi connectivity index (χ3n) is 6.15. The number of anilines is 5. The number of aromatic nitrogens is 2. The third kappa shape index (κ3) is 6.34. The zero-order valence-corrected chi connectivity index (χ0v) is 22.1. The van der Waals surface area contributed by atoms with Gasteiger partial charge in [0.25, 0.3) is 5.91 Å². The molecule has 10 heteroatoms. The lowest BCUT2D eigenvalue weighted by Crippen LogP contribution is -2.44. The number of likely N-dealkylation sites (N-methyl/N-ethyl adjacent to an activating group) is 1. The smallest absolute Gasteiger partial charge is 0.265 e. The maximum Gasteiger partial charge on any atom is 0.265 e. The summed E-state index contributed by atoms with van der Waals surface area (Å²) in [5.74, 6) is 0.0967. The highest BCUT2D eigenvalue weighted by Gasteiger charge is 2.15. The van der Waals surface area contributed by atoms with Crippen molar-refractivity contribution < 1.29 is 9.59 Å². The van der Waals surface area contributed by atoms with Gasteiger partial charge in [0.2, 0.25) is 11.9 Å². The van der Waals surface area contributed by atoms with Gasteiger partial charge < -0.3 is 25.8 Å². The lowest BCUT2D eigenvalue weighted by molar-refractivity contribution is -0.114. The summed E-state index contributed by atoms with van der Waals surface area (Å²) in [7, 11) is 2.15. The molecule has 1 saturated heterocycles. The molecule has 0 bridgehead atoms. The van der Waals surface area contributed by atoms with Gasteiger partial charge in [0.1, 0.15) is 0 Å². The van der Waals surface area contributed by atoms with E-state index in [1.54, 1.807) is 36.5 Å². The predicted molar refractivity (Wildman–Crippen MR) is 153 cm³/mol. The normalized spacial score (nSPS) is 13.7. The van der Waals surface area contributed by atoms with Crippen LogP contribution in [0.1, 0.15) is 16.6 Å².